The minimum absolute atomic E-state index is 0.124. The molecule has 1 N–H and O–H groups in total. The van der Waals surface area contributed by atoms with E-state index in [4.69, 9.17) is 11.6 Å². The van der Waals surface area contributed by atoms with E-state index in [0.717, 1.165) is 18.3 Å². The van der Waals surface area contributed by atoms with Gasteiger partial charge >= 0.3 is 5.82 Å². The summed E-state index contributed by atoms with van der Waals surface area (Å²) in [5.41, 5.74) is 0. The van der Waals surface area contributed by atoms with Crippen molar-refractivity contribution in [3.63, 3.8) is 0 Å². The van der Waals surface area contributed by atoms with E-state index < -0.39 is 20.8 Å². The summed E-state index contributed by atoms with van der Waals surface area (Å²) in [6.07, 6.45) is 0.900. The molecule has 0 unspecified atom stereocenters. The first-order chi connectivity index (χ1) is 7.83. The van der Waals surface area contributed by atoms with Crippen LogP contribution in [0.3, 0.4) is 0 Å². The van der Waals surface area contributed by atoms with Crippen LogP contribution >= 0.6 is 11.6 Å². The second-order valence-corrected chi connectivity index (χ2v) is 5.25. The van der Waals surface area contributed by atoms with Crippen LogP contribution in [0.1, 0.15) is 0 Å². The molecule has 0 bridgehead atoms. The Morgan fingerprint density at radius 1 is 1.59 bits per heavy atom. The lowest BCUT2D eigenvalue weighted by atomic mass is 10.5. The third-order valence-corrected chi connectivity index (χ3v) is 3.19. The topological polar surface area (TPSA) is 102 Å². The summed E-state index contributed by atoms with van der Waals surface area (Å²) in [7, 11) is -3.78. The summed E-state index contributed by atoms with van der Waals surface area (Å²) in [4.78, 5) is 12.8. The van der Waals surface area contributed by atoms with Crippen LogP contribution in [0.4, 0.5) is 5.82 Å². The van der Waals surface area contributed by atoms with Gasteiger partial charge in [0.15, 0.2) is 6.20 Å². The number of aromatic nitrogens is 1. The molecule has 0 saturated heterocycles. The predicted octanol–water partition coefficient (Wildman–Crippen LogP) is 1.02. The second-order valence-electron chi connectivity index (χ2n) is 2.95. The van der Waals surface area contributed by atoms with E-state index in [1.807, 2.05) is 0 Å². The molecule has 0 atom stereocenters. The molecule has 17 heavy (non-hydrogen) atoms. The van der Waals surface area contributed by atoms with Crippen molar-refractivity contribution in [1.29, 1.82) is 0 Å². The zero-order valence-electron chi connectivity index (χ0n) is 8.46. The van der Waals surface area contributed by atoms with Crippen molar-refractivity contribution in [2.75, 3.05) is 6.54 Å². The van der Waals surface area contributed by atoms with Gasteiger partial charge in [-0.1, -0.05) is 18.2 Å². The number of nitrogens with one attached hydrogen (secondary N) is 1. The molecular formula is C8H8ClN3O4S. The number of sulfonamides is 1. The average molecular weight is 278 g/mol. The smallest absolute Gasteiger partial charge is 0.358 e. The van der Waals surface area contributed by atoms with Crippen molar-refractivity contribution in [3.05, 3.63) is 40.1 Å². The normalized spacial score (nSPS) is 11.1. The monoisotopic (exact) mass is 277 g/mol. The van der Waals surface area contributed by atoms with Gasteiger partial charge in [0.05, 0.1) is 0 Å². The molecule has 9 heteroatoms. The summed E-state index contributed by atoms with van der Waals surface area (Å²) in [5.74, 6) is -0.425. The molecule has 0 amide bonds. The lowest BCUT2D eigenvalue weighted by molar-refractivity contribution is -0.389. The third kappa shape index (κ3) is 3.77. The van der Waals surface area contributed by atoms with E-state index in [2.05, 4.69) is 16.3 Å². The Hall–Kier alpha value is -1.51. The Morgan fingerprint density at radius 3 is 2.65 bits per heavy atom. The molecule has 1 aromatic rings. The summed E-state index contributed by atoms with van der Waals surface area (Å²) in [5, 5.41) is 10.5. The number of hydrogen-bond acceptors (Lipinski definition) is 5. The summed E-state index contributed by atoms with van der Waals surface area (Å²) in [6.45, 7) is 3.20. The Balaban J connectivity index is 2.92. The van der Waals surface area contributed by atoms with Crippen LogP contribution in [0.5, 0.6) is 0 Å². The highest BCUT2D eigenvalue weighted by molar-refractivity contribution is 7.89. The fraction of sp³-hybridized carbons (Fsp3) is 0.125. The van der Waals surface area contributed by atoms with Gasteiger partial charge in [0.25, 0.3) is 0 Å². The lowest BCUT2D eigenvalue weighted by Gasteiger charge is -2.03. The number of nitrogens with zero attached hydrogens (tertiary/aromatic N) is 2. The highest BCUT2D eigenvalue weighted by Gasteiger charge is 2.17. The van der Waals surface area contributed by atoms with Gasteiger partial charge < -0.3 is 10.1 Å². The highest BCUT2D eigenvalue weighted by atomic mass is 35.5. The van der Waals surface area contributed by atoms with Gasteiger partial charge in [-0.25, -0.2) is 13.1 Å². The molecule has 1 rings (SSSR count). The maximum Gasteiger partial charge on any atom is 0.363 e. The predicted molar refractivity (Wildman–Crippen MR) is 61.1 cm³/mol. The number of rotatable bonds is 5. The van der Waals surface area contributed by atoms with E-state index in [1.54, 1.807) is 0 Å². The van der Waals surface area contributed by atoms with E-state index >= 15 is 0 Å². The molecule has 0 radical (unpaired) electrons. The Bertz CT molecular complexity index is 540. The molecule has 0 spiro atoms. The van der Waals surface area contributed by atoms with E-state index in [0.29, 0.717) is 0 Å². The largest absolute Gasteiger partial charge is 0.363 e. The van der Waals surface area contributed by atoms with E-state index in [-0.39, 0.29) is 16.5 Å². The Labute approximate surface area is 102 Å². The Morgan fingerprint density at radius 2 is 2.24 bits per heavy atom. The van der Waals surface area contributed by atoms with Crippen LogP contribution < -0.4 is 4.72 Å². The zero-order valence-corrected chi connectivity index (χ0v) is 10.0. The summed E-state index contributed by atoms with van der Waals surface area (Å²) < 4.78 is 25.3. The van der Waals surface area contributed by atoms with E-state index in [9.17, 15) is 18.5 Å². The minimum Gasteiger partial charge on any atom is -0.358 e. The quantitative estimate of drug-likeness (QED) is 0.639. The lowest BCUT2D eigenvalue weighted by Crippen LogP contribution is -2.24. The summed E-state index contributed by atoms with van der Waals surface area (Å²) >= 11 is 5.41. The van der Waals surface area contributed by atoms with Crippen molar-refractivity contribution in [2.45, 2.75) is 4.90 Å². The van der Waals surface area contributed by atoms with Gasteiger partial charge in [-0.15, -0.1) is 0 Å². The zero-order chi connectivity index (χ0) is 13.1. The molecular weight excluding hydrogens is 270 g/mol. The van der Waals surface area contributed by atoms with Gasteiger partial charge in [0.2, 0.25) is 10.0 Å². The number of halogens is 1. The van der Waals surface area contributed by atoms with Crippen LogP contribution in [0.15, 0.2) is 34.8 Å². The maximum atomic E-state index is 11.6. The highest BCUT2D eigenvalue weighted by Crippen LogP contribution is 2.12. The average Bonchev–Trinajstić information content (AvgIpc) is 2.27. The third-order valence-electron chi connectivity index (χ3n) is 1.67. The van der Waals surface area contributed by atoms with Gasteiger partial charge in [-0.2, -0.15) is 0 Å². The van der Waals surface area contributed by atoms with Crippen LogP contribution in [0.2, 0.25) is 0 Å². The first-order valence-electron chi connectivity index (χ1n) is 4.26. The SMILES string of the molecule is C=C(Cl)CNS(=O)(=O)c1ccc([N+](=O)[O-])nc1. The fourth-order valence-corrected chi connectivity index (χ4v) is 2.01. The van der Waals surface area contributed by atoms with Crippen molar-refractivity contribution in [3.8, 4) is 0 Å². The van der Waals surface area contributed by atoms with Gasteiger partial charge in [-0.05, 0) is 16.0 Å². The van der Waals surface area contributed by atoms with Crippen molar-refractivity contribution in [2.24, 2.45) is 0 Å². The molecule has 92 valence electrons. The van der Waals surface area contributed by atoms with Gasteiger partial charge in [0, 0.05) is 17.6 Å². The number of nitro groups is 1. The second kappa shape index (κ2) is 5.21. The first-order valence-corrected chi connectivity index (χ1v) is 6.12. The van der Waals surface area contributed by atoms with Gasteiger partial charge in [-0.3, -0.25) is 0 Å². The van der Waals surface area contributed by atoms with E-state index in [1.165, 1.54) is 0 Å². The molecule has 0 fully saturated rings. The summed E-state index contributed by atoms with van der Waals surface area (Å²) in [6, 6.07) is 2.09. The number of pyridine rings is 1. The van der Waals surface area contributed by atoms with Gasteiger partial charge in [0.1, 0.15) is 4.90 Å². The van der Waals surface area contributed by atoms with Crippen LogP contribution in [-0.2, 0) is 10.0 Å². The van der Waals surface area contributed by atoms with Crippen molar-refractivity contribution >= 4 is 27.4 Å². The molecule has 0 aliphatic carbocycles. The van der Waals surface area contributed by atoms with Crippen LogP contribution in [0, 0.1) is 10.1 Å². The van der Waals surface area contributed by atoms with Crippen LogP contribution in [0.25, 0.3) is 0 Å². The first kappa shape index (κ1) is 13.6. The molecule has 7 nitrogen and oxygen atoms in total. The fourth-order valence-electron chi connectivity index (χ4n) is 0.896. The molecule has 0 aliphatic heterocycles. The molecule has 0 aromatic carbocycles. The molecule has 0 saturated carbocycles. The van der Waals surface area contributed by atoms with Crippen molar-refractivity contribution in [1.82, 2.24) is 9.71 Å². The standard InChI is InChI=1S/C8H8ClN3O4S/c1-6(9)4-11-17(15,16)7-2-3-8(10-5-7)12(13)14/h2-3,5,11H,1,4H2. The molecule has 1 aromatic heterocycles. The molecule has 1 heterocycles. The Kier molecular flexibility index (Phi) is 4.16. The number of hydrogen-bond donors (Lipinski definition) is 1. The minimum atomic E-state index is -3.78. The maximum absolute atomic E-state index is 11.6. The molecule has 0 aliphatic rings. The van der Waals surface area contributed by atoms with Crippen LogP contribution in [-0.4, -0.2) is 24.9 Å². The van der Waals surface area contributed by atoms with Crippen molar-refractivity contribution < 1.29 is 13.3 Å².